The number of nitrogens with one attached hydrogen (secondary N) is 3. The van der Waals surface area contributed by atoms with Crippen molar-refractivity contribution in [3.63, 3.8) is 0 Å². The van der Waals surface area contributed by atoms with E-state index in [0.29, 0.717) is 11.8 Å². The van der Waals surface area contributed by atoms with Gasteiger partial charge in [-0.2, -0.15) is 0 Å². The maximum Gasteiger partial charge on any atom is 0.251 e. The first-order chi connectivity index (χ1) is 15.1. The molecule has 2 rings (SSSR count). The Morgan fingerprint density at radius 1 is 0.844 bits per heavy atom. The molecule has 170 valence electrons. The van der Waals surface area contributed by atoms with E-state index in [4.69, 9.17) is 0 Å². The smallest absolute Gasteiger partial charge is 0.251 e. The summed E-state index contributed by atoms with van der Waals surface area (Å²) in [6.45, 7) is 7.05. The molecule has 7 heteroatoms. The number of carbonyl (C=O) groups excluding carboxylic acids is 4. The third-order valence-corrected chi connectivity index (χ3v) is 5.06. The quantitative estimate of drug-likeness (QED) is 0.524. The summed E-state index contributed by atoms with van der Waals surface area (Å²) in [7, 11) is 0. The lowest BCUT2D eigenvalue weighted by molar-refractivity contribution is -0.131. The molecule has 0 aliphatic carbocycles. The predicted molar refractivity (Wildman–Crippen MR) is 123 cm³/mol. The first-order valence-corrected chi connectivity index (χ1v) is 10.6. The predicted octanol–water partition coefficient (Wildman–Crippen LogP) is 2.26. The van der Waals surface area contributed by atoms with Crippen molar-refractivity contribution < 1.29 is 19.2 Å². The lowest BCUT2D eigenvalue weighted by atomic mass is 9.87. The zero-order valence-corrected chi connectivity index (χ0v) is 18.9. The summed E-state index contributed by atoms with van der Waals surface area (Å²) >= 11 is 0. The van der Waals surface area contributed by atoms with Crippen LogP contribution in [0.15, 0.2) is 60.7 Å². The molecule has 2 aromatic rings. The number of hydrogen-bond donors (Lipinski definition) is 3. The molecule has 3 atom stereocenters. The Hall–Kier alpha value is -3.48. The molecule has 2 aromatic carbocycles. The minimum atomic E-state index is -0.890. The van der Waals surface area contributed by atoms with Gasteiger partial charge in [0.1, 0.15) is 18.4 Å². The van der Waals surface area contributed by atoms with Crippen molar-refractivity contribution in [1.29, 1.82) is 0 Å². The summed E-state index contributed by atoms with van der Waals surface area (Å²) in [4.78, 5) is 49.6. The highest BCUT2D eigenvalue weighted by Crippen LogP contribution is 2.17. The average Bonchev–Trinajstić information content (AvgIpc) is 2.77. The topological polar surface area (TPSA) is 104 Å². The highest BCUT2D eigenvalue weighted by atomic mass is 16.2. The number of rotatable bonds is 9. The monoisotopic (exact) mass is 437 g/mol. The molecule has 7 nitrogen and oxygen atoms in total. The Morgan fingerprint density at radius 3 is 1.94 bits per heavy atom. The van der Waals surface area contributed by atoms with Crippen LogP contribution in [-0.2, 0) is 20.8 Å². The summed E-state index contributed by atoms with van der Waals surface area (Å²) in [6, 6.07) is 15.4. The fraction of sp³-hybridized carbons (Fsp3) is 0.360. The fourth-order valence-corrected chi connectivity index (χ4v) is 3.00. The second-order valence-electron chi connectivity index (χ2n) is 8.80. The van der Waals surface area contributed by atoms with E-state index in [-0.39, 0.29) is 12.3 Å². The number of hydrogen-bond acceptors (Lipinski definition) is 4. The van der Waals surface area contributed by atoms with Crippen molar-refractivity contribution in [3.8, 4) is 0 Å². The lowest BCUT2D eigenvalue weighted by Crippen LogP contribution is -2.56. The third kappa shape index (κ3) is 7.34. The van der Waals surface area contributed by atoms with Crippen molar-refractivity contribution in [1.82, 2.24) is 16.0 Å². The van der Waals surface area contributed by atoms with Crippen LogP contribution in [0.2, 0.25) is 0 Å². The molecule has 0 spiro atoms. The van der Waals surface area contributed by atoms with Gasteiger partial charge in [0.05, 0.1) is 6.04 Å². The zero-order valence-electron chi connectivity index (χ0n) is 18.9. The average molecular weight is 438 g/mol. The highest BCUT2D eigenvalue weighted by Gasteiger charge is 2.29. The molecule has 0 aromatic heterocycles. The van der Waals surface area contributed by atoms with Gasteiger partial charge in [0, 0.05) is 12.0 Å². The first kappa shape index (κ1) is 24.8. The van der Waals surface area contributed by atoms with Crippen LogP contribution in [0, 0.1) is 5.41 Å². The Bertz CT molecular complexity index is 923. The molecule has 3 N–H and O–H groups in total. The van der Waals surface area contributed by atoms with Gasteiger partial charge in [-0.25, -0.2) is 0 Å². The Balaban J connectivity index is 2.11. The van der Waals surface area contributed by atoms with Gasteiger partial charge in [-0.05, 0) is 30.0 Å². The number of aldehydes is 1. The largest absolute Gasteiger partial charge is 0.344 e. The molecule has 0 heterocycles. The molecule has 0 radical (unpaired) electrons. The maximum absolute atomic E-state index is 13.0. The van der Waals surface area contributed by atoms with Gasteiger partial charge in [-0.3, -0.25) is 14.4 Å². The van der Waals surface area contributed by atoms with Crippen LogP contribution in [0.1, 0.15) is 43.6 Å². The molecule has 3 amide bonds. The molecule has 0 saturated carbocycles. The molecule has 0 aliphatic heterocycles. The van der Waals surface area contributed by atoms with Crippen molar-refractivity contribution in [2.24, 2.45) is 5.41 Å². The van der Waals surface area contributed by atoms with Crippen molar-refractivity contribution in [2.75, 3.05) is 0 Å². The first-order valence-electron chi connectivity index (χ1n) is 10.6. The summed E-state index contributed by atoms with van der Waals surface area (Å²) < 4.78 is 0. The molecule has 3 unspecified atom stereocenters. The summed E-state index contributed by atoms with van der Waals surface area (Å²) in [5, 5.41) is 8.08. The van der Waals surface area contributed by atoms with Gasteiger partial charge in [-0.15, -0.1) is 0 Å². The Morgan fingerprint density at radius 2 is 1.41 bits per heavy atom. The minimum Gasteiger partial charge on any atom is -0.344 e. The number of benzene rings is 2. The van der Waals surface area contributed by atoms with E-state index in [9.17, 15) is 19.2 Å². The third-order valence-electron chi connectivity index (χ3n) is 5.06. The zero-order chi connectivity index (χ0) is 23.7. The standard InChI is InChI=1S/C25H31N3O4/c1-17(22(30)28-21(16-29)25(2,3)4)26-24(32)20(15-18-11-7-5-8-12-18)27-23(31)19-13-9-6-10-14-19/h5-14,16-17,20-21H,15H2,1-4H3,(H,26,32)(H,27,31)(H,28,30). The van der Waals surface area contributed by atoms with Crippen LogP contribution in [0.25, 0.3) is 0 Å². The molecule has 32 heavy (non-hydrogen) atoms. The van der Waals surface area contributed by atoms with Gasteiger partial charge in [-0.1, -0.05) is 69.3 Å². The molecule has 0 fully saturated rings. The van der Waals surface area contributed by atoms with Gasteiger partial charge in [0.15, 0.2) is 0 Å². The van der Waals surface area contributed by atoms with Crippen LogP contribution >= 0.6 is 0 Å². The maximum atomic E-state index is 13.0. The van der Waals surface area contributed by atoms with Gasteiger partial charge < -0.3 is 20.7 Å². The molecular weight excluding hydrogens is 406 g/mol. The van der Waals surface area contributed by atoms with E-state index in [1.807, 2.05) is 51.1 Å². The summed E-state index contributed by atoms with van der Waals surface area (Å²) in [6.07, 6.45) is 0.948. The second kappa shape index (κ2) is 11.2. The van der Waals surface area contributed by atoms with E-state index in [1.165, 1.54) is 6.92 Å². The van der Waals surface area contributed by atoms with Crippen molar-refractivity contribution in [2.45, 2.75) is 52.2 Å². The number of amides is 3. The van der Waals surface area contributed by atoms with Crippen LogP contribution < -0.4 is 16.0 Å². The Kier molecular flexibility index (Phi) is 8.70. The molecule has 0 aliphatic rings. The molecule has 0 saturated heterocycles. The fourth-order valence-electron chi connectivity index (χ4n) is 3.00. The van der Waals surface area contributed by atoms with Gasteiger partial charge in [0.2, 0.25) is 11.8 Å². The van der Waals surface area contributed by atoms with E-state index < -0.39 is 35.4 Å². The van der Waals surface area contributed by atoms with Crippen LogP contribution in [0.3, 0.4) is 0 Å². The second-order valence-corrected chi connectivity index (χ2v) is 8.80. The molecule has 0 bridgehead atoms. The summed E-state index contributed by atoms with van der Waals surface area (Å²) in [5.41, 5.74) is 0.843. The van der Waals surface area contributed by atoms with Crippen molar-refractivity contribution >= 4 is 24.0 Å². The van der Waals surface area contributed by atoms with Crippen molar-refractivity contribution in [3.05, 3.63) is 71.8 Å². The Labute approximate surface area is 189 Å². The lowest BCUT2D eigenvalue weighted by Gasteiger charge is -2.28. The van der Waals surface area contributed by atoms with Gasteiger partial charge >= 0.3 is 0 Å². The van der Waals surface area contributed by atoms with E-state index in [0.717, 1.165) is 5.56 Å². The van der Waals surface area contributed by atoms with Gasteiger partial charge in [0.25, 0.3) is 5.91 Å². The molecular formula is C25H31N3O4. The van der Waals surface area contributed by atoms with E-state index in [1.54, 1.807) is 30.3 Å². The summed E-state index contributed by atoms with van der Waals surface area (Å²) in [5.74, 6) is -1.34. The van der Waals surface area contributed by atoms with Crippen LogP contribution in [0.4, 0.5) is 0 Å². The van der Waals surface area contributed by atoms with Crippen LogP contribution in [-0.4, -0.2) is 42.1 Å². The minimum absolute atomic E-state index is 0.262. The highest BCUT2D eigenvalue weighted by molar-refractivity contribution is 5.98. The van der Waals surface area contributed by atoms with E-state index in [2.05, 4.69) is 16.0 Å². The SMILES string of the molecule is CC(NC(=O)C(Cc1ccccc1)NC(=O)c1ccccc1)C(=O)NC(C=O)C(C)(C)C. The normalized spacial score (nSPS) is 13.9. The van der Waals surface area contributed by atoms with Crippen LogP contribution in [0.5, 0.6) is 0 Å². The number of carbonyl (C=O) groups is 4. The van der Waals surface area contributed by atoms with E-state index >= 15 is 0 Å².